The maximum absolute atomic E-state index is 10.8. The van der Waals surface area contributed by atoms with Crippen molar-refractivity contribution >= 4 is 11.8 Å². The van der Waals surface area contributed by atoms with E-state index in [1.165, 1.54) is 7.11 Å². The van der Waals surface area contributed by atoms with Crippen molar-refractivity contribution in [3.05, 3.63) is 0 Å². The first-order valence-corrected chi connectivity index (χ1v) is 4.14. The van der Waals surface area contributed by atoms with Gasteiger partial charge in [0.25, 0.3) is 0 Å². The van der Waals surface area contributed by atoms with Gasteiger partial charge in [-0.25, -0.2) is 4.79 Å². The lowest BCUT2D eigenvalue weighted by Gasteiger charge is -2.09. The van der Waals surface area contributed by atoms with Gasteiger partial charge in [0.2, 0.25) is 0 Å². The van der Waals surface area contributed by atoms with Gasteiger partial charge in [0.15, 0.2) is 11.9 Å². The van der Waals surface area contributed by atoms with Crippen LogP contribution in [0.15, 0.2) is 0 Å². The van der Waals surface area contributed by atoms with Gasteiger partial charge in [-0.3, -0.25) is 4.79 Å². The fourth-order valence-electron chi connectivity index (χ4n) is 0.871. The second kappa shape index (κ2) is 5.66. The third-order valence-electron chi connectivity index (χ3n) is 1.54. The molecule has 1 rings (SSSR count). The minimum Gasteiger partial charge on any atom is -0.467 e. The zero-order valence-corrected chi connectivity index (χ0v) is 8.07. The Kier molecular flexibility index (Phi) is 5.25. The summed E-state index contributed by atoms with van der Waals surface area (Å²) in [6.45, 7) is 3.90. The molecule has 1 heterocycles. The molecule has 0 aromatic rings. The molecule has 0 aliphatic carbocycles. The molecule has 0 bridgehead atoms. The molecular formula is C8H15NO4. The summed E-state index contributed by atoms with van der Waals surface area (Å²) >= 11 is 0. The molecule has 0 saturated carbocycles. The Hall–Kier alpha value is -0.940. The fourth-order valence-corrected chi connectivity index (χ4v) is 0.871. The van der Waals surface area contributed by atoms with Crippen LogP contribution in [0.2, 0.25) is 0 Å². The lowest BCUT2D eigenvalue weighted by atomic mass is 10.1. The Balaban J connectivity index is 0.000000671. The predicted molar refractivity (Wildman–Crippen MR) is 46.1 cm³/mol. The Labute approximate surface area is 77.2 Å². The van der Waals surface area contributed by atoms with Crippen LogP contribution in [-0.2, 0) is 19.1 Å². The van der Waals surface area contributed by atoms with Crippen LogP contribution in [-0.4, -0.2) is 37.6 Å². The third kappa shape index (κ3) is 2.78. The summed E-state index contributed by atoms with van der Waals surface area (Å²) in [5.41, 5.74) is 5.32. The standard InChI is InChI=1S/C6H9NO4.C2H6/c1-10-6(9)5-4(7)3(8)2-11-5;1-2/h4-5H,2,7H2,1H3;1-2H3. The smallest absolute Gasteiger partial charge is 0.337 e. The quantitative estimate of drug-likeness (QED) is 0.561. The van der Waals surface area contributed by atoms with Gasteiger partial charge in [-0.2, -0.15) is 0 Å². The third-order valence-corrected chi connectivity index (χ3v) is 1.54. The average molecular weight is 189 g/mol. The highest BCUT2D eigenvalue weighted by Crippen LogP contribution is 2.09. The number of hydrogen-bond donors (Lipinski definition) is 1. The van der Waals surface area contributed by atoms with E-state index in [1.54, 1.807) is 0 Å². The van der Waals surface area contributed by atoms with Crippen LogP contribution >= 0.6 is 0 Å². The highest BCUT2D eigenvalue weighted by molar-refractivity contribution is 5.94. The Morgan fingerprint density at radius 3 is 2.46 bits per heavy atom. The van der Waals surface area contributed by atoms with E-state index in [9.17, 15) is 9.59 Å². The van der Waals surface area contributed by atoms with Crippen LogP contribution in [0.4, 0.5) is 0 Å². The van der Waals surface area contributed by atoms with Crippen LogP contribution in [0.25, 0.3) is 0 Å². The van der Waals surface area contributed by atoms with Gasteiger partial charge in [0, 0.05) is 0 Å². The maximum atomic E-state index is 10.8. The van der Waals surface area contributed by atoms with E-state index in [2.05, 4.69) is 4.74 Å². The molecule has 13 heavy (non-hydrogen) atoms. The van der Waals surface area contributed by atoms with Crippen LogP contribution in [0.5, 0.6) is 0 Å². The van der Waals surface area contributed by atoms with Crippen molar-refractivity contribution in [1.29, 1.82) is 0 Å². The van der Waals surface area contributed by atoms with Crippen molar-refractivity contribution in [2.24, 2.45) is 5.73 Å². The summed E-state index contributed by atoms with van der Waals surface area (Å²) < 4.78 is 9.14. The van der Waals surface area contributed by atoms with Gasteiger partial charge in [0.05, 0.1) is 7.11 Å². The van der Waals surface area contributed by atoms with Crippen LogP contribution in [0.3, 0.4) is 0 Å². The second-order valence-corrected chi connectivity index (χ2v) is 2.25. The van der Waals surface area contributed by atoms with Crippen LogP contribution in [0.1, 0.15) is 13.8 Å². The van der Waals surface area contributed by atoms with Gasteiger partial charge in [0.1, 0.15) is 12.6 Å². The predicted octanol–water partition coefficient (Wildman–Crippen LogP) is -0.519. The molecule has 0 aromatic heterocycles. The van der Waals surface area contributed by atoms with Crippen LogP contribution in [0, 0.1) is 0 Å². The minimum absolute atomic E-state index is 0.0963. The van der Waals surface area contributed by atoms with Crippen molar-refractivity contribution < 1.29 is 19.1 Å². The largest absolute Gasteiger partial charge is 0.467 e. The molecule has 0 aromatic carbocycles. The number of ketones is 1. The summed E-state index contributed by atoms with van der Waals surface area (Å²) in [4.78, 5) is 21.5. The highest BCUT2D eigenvalue weighted by Gasteiger charge is 2.38. The van der Waals surface area contributed by atoms with E-state index in [0.29, 0.717) is 0 Å². The SMILES string of the molecule is CC.COC(=O)C1OCC(=O)C1N. The average Bonchev–Trinajstić information content (AvgIpc) is 2.50. The Morgan fingerprint density at radius 1 is 1.62 bits per heavy atom. The summed E-state index contributed by atoms with van der Waals surface area (Å²) in [6, 6.07) is -0.859. The lowest BCUT2D eigenvalue weighted by Crippen LogP contribution is -2.41. The molecule has 0 amide bonds. The van der Waals surface area contributed by atoms with Crippen molar-refractivity contribution in [2.75, 3.05) is 13.7 Å². The van der Waals surface area contributed by atoms with E-state index < -0.39 is 18.1 Å². The van der Waals surface area contributed by atoms with E-state index >= 15 is 0 Å². The molecule has 76 valence electrons. The highest BCUT2D eigenvalue weighted by atomic mass is 16.6. The van der Waals surface area contributed by atoms with Gasteiger partial charge in [-0.05, 0) is 0 Å². The minimum atomic E-state index is -0.910. The number of esters is 1. The molecule has 2 N–H and O–H groups in total. The van der Waals surface area contributed by atoms with Gasteiger partial charge in [-0.15, -0.1) is 0 Å². The molecule has 1 aliphatic rings. The number of carbonyl (C=O) groups is 2. The first-order valence-electron chi connectivity index (χ1n) is 4.14. The van der Waals surface area contributed by atoms with E-state index in [1.807, 2.05) is 13.8 Å². The molecule has 0 spiro atoms. The molecule has 5 nitrogen and oxygen atoms in total. The number of ether oxygens (including phenoxy) is 2. The van der Waals surface area contributed by atoms with Crippen molar-refractivity contribution in [3.63, 3.8) is 0 Å². The molecule has 0 radical (unpaired) electrons. The monoisotopic (exact) mass is 189 g/mol. The van der Waals surface area contributed by atoms with Gasteiger partial charge >= 0.3 is 5.97 Å². The van der Waals surface area contributed by atoms with Crippen molar-refractivity contribution in [2.45, 2.75) is 26.0 Å². The number of nitrogens with two attached hydrogens (primary N) is 1. The topological polar surface area (TPSA) is 78.6 Å². The normalized spacial score (nSPS) is 26.3. The van der Waals surface area contributed by atoms with Crippen LogP contribution < -0.4 is 5.73 Å². The summed E-state index contributed by atoms with van der Waals surface area (Å²) in [5, 5.41) is 0. The number of methoxy groups -OCH3 is 1. The summed E-state index contributed by atoms with van der Waals surface area (Å²) in [6.07, 6.45) is -0.910. The second-order valence-electron chi connectivity index (χ2n) is 2.25. The zero-order chi connectivity index (χ0) is 10.4. The molecule has 1 saturated heterocycles. The summed E-state index contributed by atoms with van der Waals surface area (Å²) in [5.74, 6) is -0.858. The van der Waals surface area contributed by atoms with E-state index in [0.717, 1.165) is 0 Å². The van der Waals surface area contributed by atoms with Gasteiger partial charge < -0.3 is 15.2 Å². The molecule has 5 heteroatoms. The maximum Gasteiger partial charge on any atom is 0.337 e. The number of carbonyl (C=O) groups excluding carboxylic acids is 2. The molecular weight excluding hydrogens is 174 g/mol. The fraction of sp³-hybridized carbons (Fsp3) is 0.750. The number of rotatable bonds is 1. The van der Waals surface area contributed by atoms with Crippen molar-refractivity contribution in [1.82, 2.24) is 0 Å². The summed E-state index contributed by atoms with van der Waals surface area (Å²) in [7, 11) is 1.22. The van der Waals surface area contributed by atoms with E-state index in [4.69, 9.17) is 10.5 Å². The Bertz CT molecular complexity index is 193. The molecule has 2 unspecified atom stereocenters. The number of Topliss-reactive ketones (excluding diaryl/α,β-unsaturated/α-hetero) is 1. The Morgan fingerprint density at radius 2 is 2.15 bits per heavy atom. The zero-order valence-electron chi connectivity index (χ0n) is 8.07. The molecule has 1 fully saturated rings. The van der Waals surface area contributed by atoms with Crippen molar-refractivity contribution in [3.8, 4) is 0 Å². The number of hydrogen-bond acceptors (Lipinski definition) is 5. The lowest BCUT2D eigenvalue weighted by molar-refractivity contribution is -0.151. The first-order chi connectivity index (χ1) is 6.16. The first kappa shape index (κ1) is 12.1. The molecule has 2 atom stereocenters. The molecule has 1 aliphatic heterocycles. The van der Waals surface area contributed by atoms with E-state index in [-0.39, 0.29) is 12.4 Å². The van der Waals surface area contributed by atoms with Gasteiger partial charge in [-0.1, -0.05) is 13.8 Å².